The first kappa shape index (κ1) is 19.1. The first-order valence-electron chi connectivity index (χ1n) is 9.86. The molecule has 1 heterocycles. The lowest BCUT2D eigenvalue weighted by Crippen LogP contribution is -2.46. The second kappa shape index (κ2) is 9.90. The van der Waals surface area contributed by atoms with Gasteiger partial charge in [0.25, 0.3) is 0 Å². The van der Waals surface area contributed by atoms with Crippen molar-refractivity contribution < 1.29 is 4.79 Å². The first-order chi connectivity index (χ1) is 11.6. The highest BCUT2D eigenvalue weighted by molar-refractivity contribution is 5.81. The van der Waals surface area contributed by atoms with Crippen molar-refractivity contribution in [2.24, 2.45) is 16.8 Å². The van der Waals surface area contributed by atoms with Crippen LogP contribution in [0.15, 0.2) is 4.99 Å². The lowest BCUT2D eigenvalue weighted by atomic mass is 9.91. The van der Waals surface area contributed by atoms with E-state index >= 15 is 0 Å². The Hall–Kier alpha value is -1.26. The second-order valence-corrected chi connectivity index (χ2v) is 7.73. The molecule has 1 saturated heterocycles. The minimum Gasteiger partial charge on any atom is -0.356 e. The van der Waals surface area contributed by atoms with E-state index in [0.29, 0.717) is 6.04 Å². The number of aliphatic imine (C=N–C) groups is 1. The van der Waals surface area contributed by atoms with Gasteiger partial charge in [0.05, 0.1) is 0 Å². The van der Waals surface area contributed by atoms with E-state index < -0.39 is 0 Å². The van der Waals surface area contributed by atoms with E-state index in [1.54, 1.807) is 0 Å². The van der Waals surface area contributed by atoms with Crippen molar-refractivity contribution in [3.8, 4) is 0 Å². The average molecular weight is 337 g/mol. The smallest absolute Gasteiger partial charge is 0.225 e. The number of nitrogens with zero attached hydrogens (tertiary/aromatic N) is 2. The maximum absolute atomic E-state index is 12.1. The highest BCUT2D eigenvalue weighted by atomic mass is 16.2. The fourth-order valence-corrected chi connectivity index (χ4v) is 3.82. The normalized spacial score (nSPS) is 23.9. The van der Waals surface area contributed by atoms with Gasteiger partial charge >= 0.3 is 0 Å². The van der Waals surface area contributed by atoms with Gasteiger partial charge in [-0.15, -0.1) is 0 Å². The van der Waals surface area contributed by atoms with Crippen LogP contribution in [-0.4, -0.2) is 49.5 Å². The highest BCUT2D eigenvalue weighted by Crippen LogP contribution is 2.21. The number of guanidine groups is 1. The molecule has 2 fully saturated rings. The molecule has 1 aliphatic carbocycles. The number of likely N-dealkylation sites (tertiary alicyclic amines) is 1. The van der Waals surface area contributed by atoms with Crippen LogP contribution in [0.1, 0.15) is 65.2 Å². The van der Waals surface area contributed by atoms with Gasteiger partial charge in [0, 0.05) is 38.6 Å². The summed E-state index contributed by atoms with van der Waals surface area (Å²) in [6.07, 6.45) is 10.6. The molecule has 138 valence electrons. The van der Waals surface area contributed by atoms with Crippen LogP contribution in [0, 0.1) is 11.8 Å². The quantitative estimate of drug-likeness (QED) is 0.613. The molecule has 0 radical (unpaired) electrons. The SMILES string of the molecule is CN=C(NCC1CCCCCCC1)NC1CCN(C(=O)C(C)C)C1. The Morgan fingerprint density at radius 3 is 2.42 bits per heavy atom. The molecule has 0 bridgehead atoms. The number of nitrogens with one attached hydrogen (secondary N) is 2. The molecule has 5 nitrogen and oxygen atoms in total. The maximum Gasteiger partial charge on any atom is 0.225 e. The summed E-state index contributed by atoms with van der Waals surface area (Å²) < 4.78 is 0. The van der Waals surface area contributed by atoms with E-state index in [0.717, 1.165) is 37.9 Å². The van der Waals surface area contributed by atoms with Crippen LogP contribution in [0.25, 0.3) is 0 Å². The van der Waals surface area contributed by atoms with Crippen molar-refractivity contribution in [3.63, 3.8) is 0 Å². The van der Waals surface area contributed by atoms with Gasteiger partial charge in [0.1, 0.15) is 0 Å². The molecular formula is C19H36N4O. The molecule has 0 spiro atoms. The fraction of sp³-hybridized carbons (Fsp3) is 0.895. The summed E-state index contributed by atoms with van der Waals surface area (Å²) in [7, 11) is 1.83. The van der Waals surface area contributed by atoms with Gasteiger partial charge in [-0.05, 0) is 25.2 Å². The molecule has 0 aromatic heterocycles. The maximum atomic E-state index is 12.1. The lowest BCUT2D eigenvalue weighted by Gasteiger charge is -2.23. The van der Waals surface area contributed by atoms with Gasteiger partial charge in [-0.3, -0.25) is 9.79 Å². The number of carbonyl (C=O) groups excluding carboxylic acids is 1. The van der Waals surface area contributed by atoms with Crippen LogP contribution < -0.4 is 10.6 Å². The van der Waals surface area contributed by atoms with Crippen molar-refractivity contribution in [2.75, 3.05) is 26.7 Å². The Bertz CT molecular complexity index is 414. The van der Waals surface area contributed by atoms with Crippen LogP contribution in [0.3, 0.4) is 0 Å². The van der Waals surface area contributed by atoms with E-state index in [1.807, 2.05) is 25.8 Å². The Morgan fingerprint density at radius 1 is 1.12 bits per heavy atom. The van der Waals surface area contributed by atoms with Gasteiger partial charge < -0.3 is 15.5 Å². The van der Waals surface area contributed by atoms with Gasteiger partial charge in [-0.25, -0.2) is 0 Å². The zero-order chi connectivity index (χ0) is 17.4. The molecule has 1 aliphatic heterocycles. The molecular weight excluding hydrogens is 300 g/mol. The zero-order valence-electron chi connectivity index (χ0n) is 15.8. The highest BCUT2D eigenvalue weighted by Gasteiger charge is 2.28. The second-order valence-electron chi connectivity index (χ2n) is 7.73. The number of hydrogen-bond acceptors (Lipinski definition) is 2. The summed E-state index contributed by atoms with van der Waals surface area (Å²) in [6, 6.07) is 0.316. The number of amides is 1. The van der Waals surface area contributed by atoms with Crippen molar-refractivity contribution in [1.82, 2.24) is 15.5 Å². The summed E-state index contributed by atoms with van der Waals surface area (Å²) >= 11 is 0. The molecule has 1 unspecified atom stereocenters. The predicted octanol–water partition coefficient (Wildman–Crippen LogP) is 2.77. The van der Waals surface area contributed by atoms with Crippen LogP contribution in [-0.2, 0) is 4.79 Å². The average Bonchev–Trinajstić information content (AvgIpc) is 3.00. The molecule has 1 saturated carbocycles. The van der Waals surface area contributed by atoms with Crippen molar-refractivity contribution in [1.29, 1.82) is 0 Å². The Kier molecular flexibility index (Phi) is 7.86. The number of rotatable bonds is 4. The Balaban J connectivity index is 1.73. The topological polar surface area (TPSA) is 56.7 Å². The van der Waals surface area contributed by atoms with Crippen molar-refractivity contribution in [3.05, 3.63) is 0 Å². The van der Waals surface area contributed by atoms with E-state index in [-0.39, 0.29) is 11.8 Å². The summed E-state index contributed by atoms with van der Waals surface area (Å²) in [5.41, 5.74) is 0. The Labute approximate surface area is 147 Å². The minimum atomic E-state index is 0.0838. The number of carbonyl (C=O) groups is 1. The molecule has 1 atom stereocenters. The first-order valence-corrected chi connectivity index (χ1v) is 9.86. The van der Waals surface area contributed by atoms with Crippen molar-refractivity contribution in [2.45, 2.75) is 71.3 Å². The Morgan fingerprint density at radius 2 is 1.79 bits per heavy atom. The number of hydrogen-bond donors (Lipinski definition) is 2. The lowest BCUT2D eigenvalue weighted by molar-refractivity contribution is -0.133. The molecule has 5 heteroatoms. The zero-order valence-corrected chi connectivity index (χ0v) is 15.8. The van der Waals surface area contributed by atoms with E-state index in [2.05, 4.69) is 15.6 Å². The van der Waals surface area contributed by atoms with Crippen LogP contribution >= 0.6 is 0 Å². The van der Waals surface area contributed by atoms with Crippen LogP contribution in [0.2, 0.25) is 0 Å². The molecule has 2 aliphatic rings. The van der Waals surface area contributed by atoms with E-state index in [4.69, 9.17) is 0 Å². The summed E-state index contributed by atoms with van der Waals surface area (Å²) in [5.74, 6) is 2.00. The monoisotopic (exact) mass is 336 g/mol. The molecule has 24 heavy (non-hydrogen) atoms. The third-order valence-corrected chi connectivity index (χ3v) is 5.34. The molecule has 2 rings (SSSR count). The minimum absolute atomic E-state index is 0.0838. The van der Waals surface area contributed by atoms with Crippen molar-refractivity contribution >= 4 is 11.9 Å². The molecule has 0 aromatic rings. The molecule has 1 amide bonds. The summed E-state index contributed by atoms with van der Waals surface area (Å²) in [4.78, 5) is 18.4. The van der Waals surface area contributed by atoms with Crippen LogP contribution in [0.4, 0.5) is 0 Å². The molecule has 2 N–H and O–H groups in total. The third-order valence-electron chi connectivity index (χ3n) is 5.34. The fourth-order valence-electron chi connectivity index (χ4n) is 3.82. The van der Waals surface area contributed by atoms with Gasteiger partial charge in [0.2, 0.25) is 5.91 Å². The van der Waals surface area contributed by atoms with Gasteiger partial charge in [-0.1, -0.05) is 46.0 Å². The van der Waals surface area contributed by atoms with Gasteiger partial charge in [-0.2, -0.15) is 0 Å². The van der Waals surface area contributed by atoms with E-state index in [1.165, 1.54) is 44.9 Å². The summed E-state index contributed by atoms with van der Waals surface area (Å²) in [5, 5.41) is 7.02. The molecule has 0 aromatic carbocycles. The summed E-state index contributed by atoms with van der Waals surface area (Å²) in [6.45, 7) is 6.60. The van der Waals surface area contributed by atoms with Gasteiger partial charge in [0.15, 0.2) is 5.96 Å². The largest absolute Gasteiger partial charge is 0.356 e. The predicted molar refractivity (Wildman–Crippen MR) is 100 cm³/mol. The third kappa shape index (κ3) is 5.99. The van der Waals surface area contributed by atoms with E-state index in [9.17, 15) is 4.79 Å². The standard InChI is InChI=1S/C19H36N4O/c1-15(2)18(24)23-12-11-17(14-23)22-19(20-3)21-13-16-9-7-5-4-6-8-10-16/h15-17H,4-14H2,1-3H3,(H2,20,21,22). The van der Waals surface area contributed by atoms with Crippen LogP contribution in [0.5, 0.6) is 0 Å².